The van der Waals surface area contributed by atoms with Gasteiger partial charge in [-0.25, -0.2) is 0 Å². The molecule has 0 spiro atoms. The van der Waals surface area contributed by atoms with Crippen molar-refractivity contribution in [2.24, 2.45) is 0 Å². The molecular weight excluding hydrogens is 204 g/mol. The molecule has 0 radical (unpaired) electrons. The quantitative estimate of drug-likeness (QED) is 0.494. The summed E-state index contributed by atoms with van der Waals surface area (Å²) in [5.41, 5.74) is 1.05. The van der Waals surface area contributed by atoms with Crippen LogP contribution in [0, 0.1) is 0 Å². The number of carbonyl (C=O) groups excluding carboxylic acids is 1. The number of ether oxygens (including phenoxy) is 2. The van der Waals surface area contributed by atoms with Gasteiger partial charge in [-0.15, -0.1) is 0 Å². The Morgan fingerprint density at radius 2 is 1.69 bits per heavy atom. The van der Waals surface area contributed by atoms with Crippen LogP contribution in [0.5, 0.6) is 5.75 Å². The van der Waals surface area contributed by atoms with Gasteiger partial charge >= 0.3 is 5.97 Å². The molecule has 0 saturated carbocycles. The number of cyclic esters (lactones) is 1. The predicted molar refractivity (Wildman–Crippen MR) is 60.4 cm³/mol. The molecule has 0 amide bonds. The monoisotopic (exact) mass is 218 g/mol. The summed E-state index contributed by atoms with van der Waals surface area (Å²) in [4.78, 5) is 11.3. The summed E-state index contributed by atoms with van der Waals surface area (Å²) in [5.74, 6) is 0.684. The summed E-state index contributed by atoms with van der Waals surface area (Å²) >= 11 is 0. The van der Waals surface area contributed by atoms with Gasteiger partial charge < -0.3 is 9.47 Å². The number of esters is 1. The summed E-state index contributed by atoms with van der Waals surface area (Å²) in [7, 11) is 0. The van der Waals surface area contributed by atoms with Gasteiger partial charge in [0, 0.05) is 6.42 Å². The third-order valence-corrected chi connectivity index (χ3v) is 2.41. The molecule has 0 unspecified atom stereocenters. The van der Waals surface area contributed by atoms with Crippen molar-refractivity contribution in [1.29, 1.82) is 0 Å². The van der Waals surface area contributed by atoms with E-state index in [0.29, 0.717) is 26.1 Å². The van der Waals surface area contributed by atoms with E-state index in [1.54, 1.807) is 6.08 Å². The number of hydrogen-bond acceptors (Lipinski definition) is 3. The van der Waals surface area contributed by atoms with Crippen molar-refractivity contribution in [2.45, 2.75) is 12.8 Å². The van der Waals surface area contributed by atoms with Gasteiger partial charge in [0.15, 0.2) is 0 Å². The number of aryl methyl sites for hydroxylation is 1. The highest BCUT2D eigenvalue weighted by Crippen LogP contribution is 2.20. The molecule has 0 N–H and O–H groups in total. The Bertz CT molecular complexity index is 396. The van der Waals surface area contributed by atoms with E-state index in [2.05, 4.69) is 0 Å². The Balaban J connectivity index is 2.16. The highest BCUT2D eigenvalue weighted by atomic mass is 16.5. The first-order chi connectivity index (χ1) is 7.86. The van der Waals surface area contributed by atoms with Gasteiger partial charge in [-0.05, 0) is 30.2 Å². The zero-order valence-corrected chi connectivity index (χ0v) is 9.02. The van der Waals surface area contributed by atoms with Crippen LogP contribution >= 0.6 is 0 Å². The van der Waals surface area contributed by atoms with Crippen LogP contribution in [0.4, 0.5) is 0 Å². The fourth-order valence-corrected chi connectivity index (χ4v) is 1.58. The number of benzene rings is 1. The topological polar surface area (TPSA) is 35.5 Å². The molecule has 0 saturated heterocycles. The fraction of sp³-hybridized carbons (Fsp3) is 0.308. The van der Waals surface area contributed by atoms with E-state index in [9.17, 15) is 4.79 Å². The Labute approximate surface area is 94.7 Å². The van der Waals surface area contributed by atoms with Gasteiger partial charge in [-0.2, -0.15) is 0 Å². The van der Waals surface area contributed by atoms with Gasteiger partial charge in [0.25, 0.3) is 0 Å². The first kappa shape index (κ1) is 10.7. The van der Waals surface area contributed by atoms with Crippen LogP contribution in [0.3, 0.4) is 0 Å². The van der Waals surface area contributed by atoms with Crippen molar-refractivity contribution in [1.82, 2.24) is 0 Å². The Morgan fingerprint density at radius 3 is 2.56 bits per heavy atom. The standard InChI is InChI=1S/C13H14O3/c14-13-8-7-11-5-1-2-6-12(11)15-9-3-4-10-16-13/h1-6H,7-10H2/b4-3-. The molecular formula is C13H14O3. The number of fused-ring (bicyclic) bond motifs is 1. The normalized spacial score (nSPS) is 18.6. The SMILES string of the molecule is O=C1CCc2ccccc2OC/C=C\CO1. The second-order valence-corrected chi connectivity index (χ2v) is 3.57. The van der Waals surface area contributed by atoms with Crippen LogP contribution in [0.1, 0.15) is 12.0 Å². The summed E-state index contributed by atoms with van der Waals surface area (Å²) in [5, 5.41) is 0. The van der Waals surface area contributed by atoms with Crippen LogP contribution in [-0.4, -0.2) is 19.2 Å². The van der Waals surface area contributed by atoms with Crippen LogP contribution in [0.15, 0.2) is 36.4 Å². The molecule has 1 heterocycles. The van der Waals surface area contributed by atoms with Crippen molar-refractivity contribution < 1.29 is 14.3 Å². The second kappa shape index (κ2) is 5.35. The number of carbonyl (C=O) groups is 1. The van der Waals surface area contributed by atoms with Crippen molar-refractivity contribution in [3.63, 3.8) is 0 Å². The maximum absolute atomic E-state index is 11.3. The maximum Gasteiger partial charge on any atom is 0.306 e. The smallest absolute Gasteiger partial charge is 0.306 e. The van der Waals surface area contributed by atoms with E-state index in [-0.39, 0.29) is 5.97 Å². The highest BCUT2D eigenvalue weighted by Gasteiger charge is 2.07. The molecule has 0 fully saturated rings. The molecule has 84 valence electrons. The van der Waals surface area contributed by atoms with Crippen LogP contribution in [0.2, 0.25) is 0 Å². The Morgan fingerprint density at radius 1 is 0.938 bits per heavy atom. The average Bonchev–Trinajstić information content (AvgIpc) is 2.35. The van der Waals surface area contributed by atoms with Gasteiger partial charge in [0.1, 0.15) is 19.0 Å². The van der Waals surface area contributed by atoms with E-state index in [4.69, 9.17) is 9.47 Å². The number of rotatable bonds is 0. The lowest BCUT2D eigenvalue weighted by Crippen LogP contribution is -2.05. The van der Waals surface area contributed by atoms with Crippen LogP contribution in [-0.2, 0) is 16.0 Å². The minimum Gasteiger partial charge on any atom is -0.489 e. The van der Waals surface area contributed by atoms with Crippen molar-refractivity contribution in [3.05, 3.63) is 42.0 Å². The molecule has 3 nitrogen and oxygen atoms in total. The first-order valence-corrected chi connectivity index (χ1v) is 5.37. The predicted octanol–water partition coefficient (Wildman–Crippen LogP) is 2.11. The van der Waals surface area contributed by atoms with Crippen molar-refractivity contribution >= 4 is 5.97 Å². The average molecular weight is 218 g/mol. The van der Waals surface area contributed by atoms with Gasteiger partial charge in [-0.3, -0.25) is 4.79 Å². The Kier molecular flexibility index (Phi) is 3.59. The van der Waals surface area contributed by atoms with Crippen molar-refractivity contribution in [2.75, 3.05) is 13.2 Å². The van der Waals surface area contributed by atoms with E-state index < -0.39 is 0 Å². The van der Waals surface area contributed by atoms with Crippen LogP contribution in [0.25, 0.3) is 0 Å². The molecule has 0 aromatic heterocycles. The molecule has 0 aliphatic carbocycles. The van der Waals surface area contributed by atoms with E-state index in [1.807, 2.05) is 30.3 Å². The lowest BCUT2D eigenvalue weighted by atomic mass is 10.1. The van der Waals surface area contributed by atoms with Gasteiger partial charge in [0.2, 0.25) is 0 Å². The number of hydrogen-bond donors (Lipinski definition) is 0. The van der Waals surface area contributed by atoms with Crippen LogP contribution < -0.4 is 4.74 Å². The zero-order valence-electron chi connectivity index (χ0n) is 9.02. The van der Waals surface area contributed by atoms with Gasteiger partial charge in [-0.1, -0.05) is 18.2 Å². The minimum atomic E-state index is -0.165. The van der Waals surface area contributed by atoms with E-state index >= 15 is 0 Å². The van der Waals surface area contributed by atoms with E-state index in [0.717, 1.165) is 11.3 Å². The lowest BCUT2D eigenvalue weighted by Gasteiger charge is -2.08. The molecule has 1 aromatic rings. The molecule has 0 atom stereocenters. The third kappa shape index (κ3) is 2.86. The molecule has 1 aliphatic rings. The summed E-state index contributed by atoms with van der Waals surface area (Å²) in [6, 6.07) is 7.78. The Hall–Kier alpha value is -1.77. The molecule has 16 heavy (non-hydrogen) atoms. The molecule has 0 bridgehead atoms. The lowest BCUT2D eigenvalue weighted by molar-refractivity contribution is -0.142. The first-order valence-electron chi connectivity index (χ1n) is 5.37. The van der Waals surface area contributed by atoms with Crippen molar-refractivity contribution in [3.8, 4) is 5.75 Å². The molecule has 2 rings (SSSR count). The minimum absolute atomic E-state index is 0.165. The summed E-state index contributed by atoms with van der Waals surface area (Å²) in [6.07, 6.45) is 4.71. The van der Waals surface area contributed by atoms with Gasteiger partial charge in [0.05, 0.1) is 0 Å². The molecule has 3 heteroatoms. The highest BCUT2D eigenvalue weighted by molar-refractivity contribution is 5.70. The van der Waals surface area contributed by atoms with E-state index in [1.165, 1.54) is 0 Å². The fourth-order valence-electron chi connectivity index (χ4n) is 1.58. The third-order valence-electron chi connectivity index (χ3n) is 2.41. The molecule has 1 aromatic carbocycles. The molecule has 1 aliphatic heterocycles. The second-order valence-electron chi connectivity index (χ2n) is 3.57. The largest absolute Gasteiger partial charge is 0.489 e. The summed E-state index contributed by atoms with van der Waals surface area (Å²) < 4.78 is 10.6. The zero-order chi connectivity index (χ0) is 11.2. The summed E-state index contributed by atoms with van der Waals surface area (Å²) in [6.45, 7) is 0.840. The number of para-hydroxylation sites is 1. The maximum atomic E-state index is 11.3.